The SMILES string of the molecule is CC(C)(C)[C@@H](NC(=O)CCC1CCNCC1)C(=O)O. The average molecular weight is 270 g/mol. The molecule has 0 aliphatic carbocycles. The summed E-state index contributed by atoms with van der Waals surface area (Å²) in [6.07, 6.45) is 3.48. The van der Waals surface area contributed by atoms with Crippen LogP contribution >= 0.6 is 0 Å². The van der Waals surface area contributed by atoms with Gasteiger partial charge in [-0.3, -0.25) is 4.79 Å². The summed E-state index contributed by atoms with van der Waals surface area (Å²) in [4.78, 5) is 23.0. The second-order valence-corrected chi connectivity index (χ2v) is 6.44. The van der Waals surface area contributed by atoms with Gasteiger partial charge in [0.15, 0.2) is 0 Å². The van der Waals surface area contributed by atoms with Gasteiger partial charge in [-0.1, -0.05) is 20.8 Å². The van der Waals surface area contributed by atoms with Crippen LogP contribution < -0.4 is 10.6 Å². The monoisotopic (exact) mass is 270 g/mol. The van der Waals surface area contributed by atoms with Crippen molar-refractivity contribution in [3.8, 4) is 0 Å². The van der Waals surface area contributed by atoms with E-state index in [1.807, 2.05) is 20.8 Å². The maximum Gasteiger partial charge on any atom is 0.326 e. The van der Waals surface area contributed by atoms with E-state index < -0.39 is 17.4 Å². The van der Waals surface area contributed by atoms with Crippen LogP contribution in [-0.2, 0) is 9.59 Å². The van der Waals surface area contributed by atoms with E-state index in [-0.39, 0.29) is 5.91 Å². The predicted octanol–water partition coefficient (Wildman–Crippen LogP) is 1.38. The Morgan fingerprint density at radius 3 is 2.37 bits per heavy atom. The minimum Gasteiger partial charge on any atom is -0.480 e. The first-order chi connectivity index (χ1) is 8.80. The molecule has 1 atom stereocenters. The zero-order valence-corrected chi connectivity index (χ0v) is 12.2. The van der Waals surface area contributed by atoms with Crippen molar-refractivity contribution in [1.29, 1.82) is 0 Å². The Hall–Kier alpha value is -1.10. The summed E-state index contributed by atoms with van der Waals surface area (Å²) >= 11 is 0. The third-order valence-corrected chi connectivity index (χ3v) is 3.66. The molecule has 0 aromatic carbocycles. The van der Waals surface area contributed by atoms with E-state index in [2.05, 4.69) is 10.6 Å². The summed E-state index contributed by atoms with van der Waals surface area (Å²) in [5.74, 6) is -0.534. The van der Waals surface area contributed by atoms with Crippen LogP contribution in [0.3, 0.4) is 0 Å². The van der Waals surface area contributed by atoms with Gasteiger partial charge in [-0.05, 0) is 43.7 Å². The Morgan fingerprint density at radius 2 is 1.89 bits per heavy atom. The molecule has 110 valence electrons. The number of carbonyl (C=O) groups excluding carboxylic acids is 1. The van der Waals surface area contributed by atoms with E-state index in [0.717, 1.165) is 32.4 Å². The Morgan fingerprint density at radius 1 is 1.32 bits per heavy atom. The number of aliphatic carboxylic acids is 1. The van der Waals surface area contributed by atoms with Crippen molar-refractivity contribution in [3.63, 3.8) is 0 Å². The molecule has 1 fully saturated rings. The van der Waals surface area contributed by atoms with Crippen LogP contribution in [0.4, 0.5) is 0 Å². The highest BCUT2D eigenvalue weighted by molar-refractivity contribution is 5.84. The number of nitrogens with one attached hydrogen (secondary N) is 2. The lowest BCUT2D eigenvalue weighted by molar-refractivity contribution is -0.145. The van der Waals surface area contributed by atoms with Gasteiger partial charge in [-0.25, -0.2) is 4.79 Å². The van der Waals surface area contributed by atoms with Crippen LogP contribution in [0.1, 0.15) is 46.5 Å². The van der Waals surface area contributed by atoms with Crippen LogP contribution in [0.5, 0.6) is 0 Å². The molecular weight excluding hydrogens is 244 g/mol. The minimum absolute atomic E-state index is 0.152. The first-order valence-corrected chi connectivity index (χ1v) is 7.03. The molecule has 1 saturated heterocycles. The van der Waals surface area contributed by atoms with Crippen molar-refractivity contribution in [1.82, 2.24) is 10.6 Å². The first kappa shape index (κ1) is 16.0. The molecule has 19 heavy (non-hydrogen) atoms. The van der Waals surface area contributed by atoms with Crippen LogP contribution in [-0.4, -0.2) is 36.1 Å². The number of rotatable bonds is 5. The van der Waals surface area contributed by atoms with Gasteiger partial charge in [0.25, 0.3) is 0 Å². The summed E-state index contributed by atoms with van der Waals surface area (Å²) in [5.41, 5.74) is -0.476. The topological polar surface area (TPSA) is 78.4 Å². The fourth-order valence-electron chi connectivity index (χ4n) is 2.39. The molecular formula is C14H26N2O3. The fraction of sp³-hybridized carbons (Fsp3) is 0.857. The maximum absolute atomic E-state index is 11.9. The van der Waals surface area contributed by atoms with E-state index in [9.17, 15) is 9.59 Å². The summed E-state index contributed by atoms with van der Waals surface area (Å²) in [5, 5.41) is 15.1. The third kappa shape index (κ3) is 5.59. The van der Waals surface area contributed by atoms with Crippen molar-refractivity contribution in [3.05, 3.63) is 0 Å². The molecule has 5 nitrogen and oxygen atoms in total. The van der Waals surface area contributed by atoms with Crippen LogP contribution in [0.2, 0.25) is 0 Å². The van der Waals surface area contributed by atoms with Gasteiger partial charge in [0.1, 0.15) is 6.04 Å². The molecule has 0 aromatic heterocycles. The Kier molecular flexibility index (Phi) is 5.79. The molecule has 0 saturated carbocycles. The second kappa shape index (κ2) is 6.89. The molecule has 0 radical (unpaired) electrons. The number of carboxylic acid groups (broad SMARTS) is 1. The Labute approximate surface area is 115 Å². The number of amides is 1. The van der Waals surface area contributed by atoms with Gasteiger partial charge in [-0.2, -0.15) is 0 Å². The number of hydrogen-bond donors (Lipinski definition) is 3. The quantitative estimate of drug-likeness (QED) is 0.705. The molecule has 3 N–H and O–H groups in total. The summed E-state index contributed by atoms with van der Waals surface area (Å²) in [6.45, 7) is 7.49. The molecule has 1 aliphatic rings. The van der Waals surface area contributed by atoms with Gasteiger partial charge < -0.3 is 15.7 Å². The van der Waals surface area contributed by atoms with E-state index in [1.54, 1.807) is 0 Å². The highest BCUT2D eigenvalue weighted by Gasteiger charge is 2.32. The lowest BCUT2D eigenvalue weighted by atomic mass is 9.86. The van der Waals surface area contributed by atoms with Crippen molar-refractivity contribution in [2.75, 3.05) is 13.1 Å². The first-order valence-electron chi connectivity index (χ1n) is 7.03. The summed E-state index contributed by atoms with van der Waals surface area (Å²) < 4.78 is 0. The van der Waals surface area contributed by atoms with E-state index in [4.69, 9.17) is 5.11 Å². The Bertz CT molecular complexity index is 317. The van der Waals surface area contributed by atoms with Gasteiger partial charge in [0.2, 0.25) is 5.91 Å². The van der Waals surface area contributed by atoms with Crippen LogP contribution in [0.15, 0.2) is 0 Å². The zero-order valence-electron chi connectivity index (χ0n) is 12.2. The van der Waals surface area contributed by atoms with Gasteiger partial charge in [0, 0.05) is 6.42 Å². The van der Waals surface area contributed by atoms with E-state index >= 15 is 0 Å². The van der Waals surface area contributed by atoms with Crippen LogP contribution in [0, 0.1) is 11.3 Å². The van der Waals surface area contributed by atoms with Gasteiger partial charge in [0.05, 0.1) is 0 Å². The van der Waals surface area contributed by atoms with Crippen molar-refractivity contribution in [2.24, 2.45) is 11.3 Å². The molecule has 0 bridgehead atoms. The molecule has 5 heteroatoms. The molecule has 1 rings (SSSR count). The number of hydrogen-bond acceptors (Lipinski definition) is 3. The highest BCUT2D eigenvalue weighted by Crippen LogP contribution is 2.21. The molecule has 0 aromatic rings. The van der Waals surface area contributed by atoms with Crippen LogP contribution in [0.25, 0.3) is 0 Å². The summed E-state index contributed by atoms with van der Waals surface area (Å²) in [7, 11) is 0. The van der Waals surface area contributed by atoms with Crippen molar-refractivity contribution < 1.29 is 14.7 Å². The zero-order chi connectivity index (χ0) is 14.5. The molecule has 0 unspecified atom stereocenters. The standard InChI is InChI=1S/C14H26N2O3/c1-14(2,3)12(13(18)19)16-11(17)5-4-10-6-8-15-9-7-10/h10,12,15H,4-9H2,1-3H3,(H,16,17)(H,18,19)/t12-/m0/s1. The number of carboxylic acids is 1. The number of piperidine rings is 1. The normalized spacial score (nSPS) is 18.9. The van der Waals surface area contributed by atoms with Gasteiger partial charge in [-0.15, -0.1) is 0 Å². The fourth-order valence-corrected chi connectivity index (χ4v) is 2.39. The smallest absolute Gasteiger partial charge is 0.326 e. The largest absolute Gasteiger partial charge is 0.480 e. The lowest BCUT2D eigenvalue weighted by Crippen LogP contribution is -2.49. The molecule has 1 aliphatic heterocycles. The maximum atomic E-state index is 11.9. The summed E-state index contributed by atoms with van der Waals surface area (Å²) in [6, 6.07) is -0.826. The van der Waals surface area contributed by atoms with E-state index in [1.165, 1.54) is 0 Å². The second-order valence-electron chi connectivity index (χ2n) is 6.44. The minimum atomic E-state index is -0.970. The molecule has 1 heterocycles. The van der Waals surface area contributed by atoms with Crippen molar-refractivity contribution >= 4 is 11.9 Å². The van der Waals surface area contributed by atoms with E-state index in [0.29, 0.717) is 12.3 Å². The number of carbonyl (C=O) groups is 2. The highest BCUT2D eigenvalue weighted by atomic mass is 16.4. The third-order valence-electron chi connectivity index (χ3n) is 3.66. The Balaban J connectivity index is 2.38. The van der Waals surface area contributed by atoms with Crippen molar-refractivity contribution in [2.45, 2.75) is 52.5 Å². The molecule has 1 amide bonds. The van der Waals surface area contributed by atoms with Gasteiger partial charge >= 0.3 is 5.97 Å². The molecule has 0 spiro atoms. The average Bonchev–Trinajstić information content (AvgIpc) is 2.33. The lowest BCUT2D eigenvalue weighted by Gasteiger charge is -2.28. The predicted molar refractivity (Wildman–Crippen MR) is 73.8 cm³/mol.